The van der Waals surface area contributed by atoms with Gasteiger partial charge in [0, 0.05) is 6.04 Å². The first-order valence-corrected chi connectivity index (χ1v) is 6.96. The molecule has 1 unspecified atom stereocenters. The van der Waals surface area contributed by atoms with Gasteiger partial charge in [-0.25, -0.2) is 4.39 Å². The van der Waals surface area contributed by atoms with Crippen LogP contribution in [0.2, 0.25) is 0 Å². The van der Waals surface area contributed by atoms with Crippen molar-refractivity contribution in [3.8, 4) is 5.75 Å². The molecule has 0 spiro atoms. The molecule has 1 aliphatic heterocycles. The van der Waals surface area contributed by atoms with Crippen molar-refractivity contribution in [2.75, 3.05) is 13.2 Å². The maximum Gasteiger partial charge on any atom is 0.123 e. The van der Waals surface area contributed by atoms with Gasteiger partial charge in [0.15, 0.2) is 0 Å². The van der Waals surface area contributed by atoms with Crippen LogP contribution in [0.1, 0.15) is 31.2 Å². The minimum atomic E-state index is -0.165. The third-order valence-corrected chi connectivity index (χ3v) is 3.82. The molecule has 3 rings (SSSR count). The largest absolute Gasteiger partial charge is 0.493 e. The monoisotopic (exact) mass is 249 g/mol. The molecule has 1 saturated heterocycles. The molecule has 1 heterocycles. The second-order valence-electron chi connectivity index (χ2n) is 5.50. The first-order valence-electron chi connectivity index (χ1n) is 6.96. The van der Waals surface area contributed by atoms with Gasteiger partial charge in [-0.15, -0.1) is 0 Å². The van der Waals surface area contributed by atoms with Crippen molar-refractivity contribution in [2.24, 2.45) is 5.92 Å². The SMILES string of the molecule is Fc1ccc(OCC2CC2)c(CC2CCCN2)c1. The van der Waals surface area contributed by atoms with E-state index in [0.717, 1.165) is 36.8 Å². The summed E-state index contributed by atoms with van der Waals surface area (Å²) in [6, 6.07) is 5.38. The van der Waals surface area contributed by atoms with E-state index in [-0.39, 0.29) is 5.82 Å². The van der Waals surface area contributed by atoms with Crippen LogP contribution in [0.4, 0.5) is 4.39 Å². The zero-order chi connectivity index (χ0) is 12.4. The van der Waals surface area contributed by atoms with E-state index in [9.17, 15) is 4.39 Å². The lowest BCUT2D eigenvalue weighted by molar-refractivity contribution is 0.295. The van der Waals surface area contributed by atoms with Crippen molar-refractivity contribution in [3.05, 3.63) is 29.6 Å². The summed E-state index contributed by atoms with van der Waals surface area (Å²) in [5.41, 5.74) is 1.01. The van der Waals surface area contributed by atoms with Gasteiger partial charge >= 0.3 is 0 Å². The van der Waals surface area contributed by atoms with E-state index in [2.05, 4.69) is 5.32 Å². The van der Waals surface area contributed by atoms with Gasteiger partial charge in [0.2, 0.25) is 0 Å². The van der Waals surface area contributed by atoms with Crippen molar-refractivity contribution < 1.29 is 9.13 Å². The van der Waals surface area contributed by atoms with Gasteiger partial charge in [-0.2, -0.15) is 0 Å². The van der Waals surface area contributed by atoms with Gasteiger partial charge in [-0.1, -0.05) is 0 Å². The Bertz CT molecular complexity index is 411. The average molecular weight is 249 g/mol. The summed E-state index contributed by atoms with van der Waals surface area (Å²) in [4.78, 5) is 0. The van der Waals surface area contributed by atoms with Crippen LogP contribution >= 0.6 is 0 Å². The second-order valence-corrected chi connectivity index (χ2v) is 5.50. The first kappa shape index (κ1) is 12.0. The van der Waals surface area contributed by atoms with E-state index < -0.39 is 0 Å². The molecule has 1 aliphatic carbocycles. The fourth-order valence-electron chi connectivity index (χ4n) is 2.54. The fourth-order valence-corrected chi connectivity index (χ4v) is 2.54. The van der Waals surface area contributed by atoms with Gasteiger partial charge in [-0.3, -0.25) is 0 Å². The Morgan fingerprint density at radius 1 is 1.28 bits per heavy atom. The molecule has 0 amide bonds. The molecule has 1 atom stereocenters. The molecule has 3 heteroatoms. The number of ether oxygens (including phenoxy) is 1. The van der Waals surface area contributed by atoms with Gasteiger partial charge < -0.3 is 10.1 Å². The Morgan fingerprint density at radius 3 is 2.89 bits per heavy atom. The maximum absolute atomic E-state index is 13.4. The highest BCUT2D eigenvalue weighted by Gasteiger charge is 2.23. The molecular formula is C15H20FNO. The highest BCUT2D eigenvalue weighted by Crippen LogP contribution is 2.31. The Morgan fingerprint density at radius 2 is 2.17 bits per heavy atom. The number of nitrogens with one attached hydrogen (secondary N) is 1. The molecule has 0 aromatic heterocycles. The molecule has 2 nitrogen and oxygen atoms in total. The molecule has 2 aliphatic rings. The summed E-state index contributed by atoms with van der Waals surface area (Å²) in [7, 11) is 0. The predicted octanol–water partition coefficient (Wildman–Crippen LogP) is 2.91. The smallest absolute Gasteiger partial charge is 0.123 e. The minimum absolute atomic E-state index is 0.165. The van der Waals surface area contributed by atoms with Gasteiger partial charge in [0.05, 0.1) is 6.61 Å². The third kappa shape index (κ3) is 3.02. The van der Waals surface area contributed by atoms with Crippen LogP contribution in [0, 0.1) is 11.7 Å². The predicted molar refractivity (Wildman–Crippen MR) is 69.3 cm³/mol. The van der Waals surface area contributed by atoms with Crippen LogP contribution in [0.15, 0.2) is 18.2 Å². The van der Waals surface area contributed by atoms with E-state index in [4.69, 9.17) is 4.74 Å². The summed E-state index contributed by atoms with van der Waals surface area (Å²) < 4.78 is 19.2. The second kappa shape index (κ2) is 5.27. The van der Waals surface area contributed by atoms with Crippen molar-refractivity contribution in [1.29, 1.82) is 0 Å². The number of halogens is 1. The summed E-state index contributed by atoms with van der Waals surface area (Å²) in [6.07, 6.45) is 5.83. The summed E-state index contributed by atoms with van der Waals surface area (Å²) in [6.45, 7) is 1.87. The summed E-state index contributed by atoms with van der Waals surface area (Å²) in [5.74, 6) is 1.44. The summed E-state index contributed by atoms with van der Waals surface area (Å²) in [5, 5.41) is 3.45. The van der Waals surface area contributed by atoms with Crippen molar-refractivity contribution >= 4 is 0 Å². The molecule has 0 radical (unpaired) electrons. The van der Waals surface area contributed by atoms with Crippen LogP contribution in [0.5, 0.6) is 5.75 Å². The number of rotatable bonds is 5. The maximum atomic E-state index is 13.4. The zero-order valence-corrected chi connectivity index (χ0v) is 10.6. The number of benzene rings is 1. The molecule has 1 saturated carbocycles. The lowest BCUT2D eigenvalue weighted by Gasteiger charge is -2.15. The van der Waals surface area contributed by atoms with Crippen molar-refractivity contribution in [1.82, 2.24) is 5.32 Å². The lowest BCUT2D eigenvalue weighted by atomic mass is 10.0. The average Bonchev–Trinajstić information content (AvgIpc) is 3.05. The quantitative estimate of drug-likeness (QED) is 0.866. The molecule has 2 fully saturated rings. The molecule has 0 bridgehead atoms. The lowest BCUT2D eigenvalue weighted by Crippen LogP contribution is -2.24. The van der Waals surface area contributed by atoms with E-state index in [1.54, 1.807) is 12.1 Å². The van der Waals surface area contributed by atoms with E-state index >= 15 is 0 Å². The zero-order valence-electron chi connectivity index (χ0n) is 10.6. The Kier molecular flexibility index (Phi) is 3.50. The minimum Gasteiger partial charge on any atom is -0.493 e. The Hall–Kier alpha value is -1.09. The van der Waals surface area contributed by atoms with Gasteiger partial charge in [-0.05, 0) is 68.3 Å². The van der Waals surface area contributed by atoms with Crippen molar-refractivity contribution in [3.63, 3.8) is 0 Å². The third-order valence-electron chi connectivity index (χ3n) is 3.82. The highest BCUT2D eigenvalue weighted by atomic mass is 19.1. The highest BCUT2D eigenvalue weighted by molar-refractivity contribution is 5.35. The van der Waals surface area contributed by atoms with Crippen LogP contribution in [0.25, 0.3) is 0 Å². The standard InChI is InChI=1S/C15H20FNO/c16-13-5-6-15(18-10-11-3-4-11)12(8-13)9-14-2-1-7-17-14/h5-6,8,11,14,17H,1-4,7,9-10H2. The Labute approximate surface area is 108 Å². The van der Waals surface area contributed by atoms with Crippen LogP contribution in [-0.2, 0) is 6.42 Å². The van der Waals surface area contributed by atoms with Crippen LogP contribution in [0.3, 0.4) is 0 Å². The molecule has 18 heavy (non-hydrogen) atoms. The molecule has 98 valence electrons. The van der Waals surface area contributed by atoms with E-state index in [1.165, 1.54) is 31.7 Å². The van der Waals surface area contributed by atoms with Crippen molar-refractivity contribution in [2.45, 2.75) is 38.1 Å². The topological polar surface area (TPSA) is 21.3 Å². The molecular weight excluding hydrogens is 229 g/mol. The molecule has 1 aromatic carbocycles. The molecule has 1 aromatic rings. The first-order chi connectivity index (χ1) is 8.81. The fraction of sp³-hybridized carbons (Fsp3) is 0.600. The summed E-state index contributed by atoms with van der Waals surface area (Å²) >= 11 is 0. The van der Waals surface area contributed by atoms with Crippen LogP contribution in [-0.4, -0.2) is 19.2 Å². The molecule has 1 N–H and O–H groups in total. The number of hydrogen-bond acceptors (Lipinski definition) is 2. The van der Waals surface area contributed by atoms with Crippen LogP contribution < -0.4 is 10.1 Å². The Balaban J connectivity index is 1.69. The van der Waals surface area contributed by atoms with Gasteiger partial charge in [0.1, 0.15) is 11.6 Å². The normalized spacial score (nSPS) is 23.3. The van der Waals surface area contributed by atoms with E-state index in [1.807, 2.05) is 0 Å². The van der Waals surface area contributed by atoms with Gasteiger partial charge in [0.25, 0.3) is 0 Å². The van der Waals surface area contributed by atoms with E-state index in [0.29, 0.717) is 6.04 Å². The number of hydrogen-bond donors (Lipinski definition) is 1.